The molecular formula is C25H22N4O3S. The second-order valence-electron chi connectivity index (χ2n) is 7.47. The molecule has 33 heavy (non-hydrogen) atoms. The number of aromatic hydroxyl groups is 1. The Balaban J connectivity index is 1.85. The van der Waals surface area contributed by atoms with E-state index in [2.05, 4.69) is 26.5 Å². The Labute approximate surface area is 192 Å². The number of para-hydroxylation sites is 1. The number of hydrogen-bond donors (Lipinski definition) is 2. The van der Waals surface area contributed by atoms with Crippen LogP contribution in [0.4, 0.5) is 17.2 Å². The normalized spacial score (nSPS) is 11.1. The number of rotatable bonds is 5. The summed E-state index contributed by atoms with van der Waals surface area (Å²) in [7, 11) is -3.30. The molecular weight excluding hydrogens is 436 g/mol. The number of phenols is 1. The number of fused-ring (bicyclic) bond motifs is 1. The van der Waals surface area contributed by atoms with Gasteiger partial charge in [-0.1, -0.05) is 30.0 Å². The molecule has 8 heteroatoms. The molecule has 0 spiro atoms. The molecule has 0 unspecified atom stereocenters. The summed E-state index contributed by atoms with van der Waals surface area (Å²) in [5.41, 5.74) is 4.11. The van der Waals surface area contributed by atoms with Gasteiger partial charge in [0.05, 0.1) is 24.0 Å². The standard InChI is InChI=1S/C25H22N4O3S/c1-18-15-21(30)11-13-24(18)29(20-8-4-3-5-9-20)25-22-16-19(7-6-14-28-33(2,31)32)10-12-23(22)26-17-27-25/h3-5,8-13,15-17,28,30H,14H2,1-2H3. The van der Waals surface area contributed by atoms with E-state index in [9.17, 15) is 13.5 Å². The van der Waals surface area contributed by atoms with Gasteiger partial charge in [0, 0.05) is 16.6 Å². The fraction of sp³-hybridized carbons (Fsp3) is 0.120. The molecule has 7 nitrogen and oxygen atoms in total. The number of phenolic OH excluding ortho intramolecular Hbond substituents is 1. The van der Waals surface area contributed by atoms with E-state index in [0.717, 1.165) is 34.1 Å². The first-order chi connectivity index (χ1) is 15.8. The molecule has 1 aromatic heterocycles. The van der Waals surface area contributed by atoms with E-state index in [0.29, 0.717) is 11.4 Å². The van der Waals surface area contributed by atoms with Crippen LogP contribution in [-0.2, 0) is 10.0 Å². The van der Waals surface area contributed by atoms with Crippen molar-refractivity contribution < 1.29 is 13.5 Å². The zero-order valence-electron chi connectivity index (χ0n) is 18.1. The number of anilines is 3. The monoisotopic (exact) mass is 458 g/mol. The maximum Gasteiger partial charge on any atom is 0.209 e. The Morgan fingerprint density at radius 1 is 1.03 bits per heavy atom. The zero-order valence-corrected chi connectivity index (χ0v) is 19.0. The molecule has 4 aromatic rings. The largest absolute Gasteiger partial charge is 0.508 e. The summed E-state index contributed by atoms with van der Waals surface area (Å²) in [5.74, 6) is 6.67. The molecule has 3 aromatic carbocycles. The van der Waals surface area contributed by atoms with E-state index in [1.807, 2.05) is 66.4 Å². The molecule has 0 aliphatic heterocycles. The highest BCUT2D eigenvalue weighted by atomic mass is 32.2. The number of nitrogens with zero attached hydrogens (tertiary/aromatic N) is 3. The third kappa shape index (κ3) is 5.29. The molecule has 0 saturated heterocycles. The van der Waals surface area contributed by atoms with Crippen molar-refractivity contribution in [2.24, 2.45) is 0 Å². The molecule has 0 aliphatic carbocycles. The first-order valence-electron chi connectivity index (χ1n) is 10.1. The Morgan fingerprint density at radius 2 is 1.82 bits per heavy atom. The van der Waals surface area contributed by atoms with E-state index in [1.165, 1.54) is 6.33 Å². The lowest BCUT2D eigenvalue weighted by Gasteiger charge is -2.26. The predicted molar refractivity (Wildman–Crippen MR) is 130 cm³/mol. The Morgan fingerprint density at radius 3 is 2.55 bits per heavy atom. The number of aromatic nitrogens is 2. The van der Waals surface area contributed by atoms with Crippen molar-refractivity contribution >= 4 is 38.1 Å². The van der Waals surface area contributed by atoms with Gasteiger partial charge < -0.3 is 5.11 Å². The Bertz CT molecular complexity index is 1480. The van der Waals surface area contributed by atoms with Gasteiger partial charge in [0.25, 0.3) is 0 Å². The van der Waals surface area contributed by atoms with Crippen LogP contribution < -0.4 is 9.62 Å². The quantitative estimate of drug-likeness (QED) is 0.439. The number of hydrogen-bond acceptors (Lipinski definition) is 6. The van der Waals surface area contributed by atoms with Crippen molar-refractivity contribution in [3.63, 3.8) is 0 Å². The summed E-state index contributed by atoms with van der Waals surface area (Å²) in [6.45, 7) is 1.96. The summed E-state index contributed by atoms with van der Waals surface area (Å²) < 4.78 is 24.8. The lowest BCUT2D eigenvalue weighted by molar-refractivity contribution is 0.475. The summed E-state index contributed by atoms with van der Waals surface area (Å²) in [6, 6.07) is 20.6. The van der Waals surface area contributed by atoms with Crippen LogP contribution in [-0.4, -0.2) is 36.3 Å². The van der Waals surface area contributed by atoms with E-state index in [4.69, 9.17) is 0 Å². The SMILES string of the molecule is Cc1cc(O)ccc1N(c1ccccc1)c1ncnc2ccc(C#CCNS(C)(=O)=O)cc12. The highest BCUT2D eigenvalue weighted by Gasteiger charge is 2.19. The van der Waals surface area contributed by atoms with Crippen molar-refractivity contribution in [3.8, 4) is 17.6 Å². The topological polar surface area (TPSA) is 95.4 Å². The third-order valence-corrected chi connectivity index (χ3v) is 5.59. The van der Waals surface area contributed by atoms with Gasteiger partial charge in [-0.15, -0.1) is 0 Å². The first-order valence-corrected chi connectivity index (χ1v) is 12.0. The van der Waals surface area contributed by atoms with Crippen LogP contribution in [0.2, 0.25) is 0 Å². The number of nitrogens with one attached hydrogen (secondary N) is 1. The van der Waals surface area contributed by atoms with Gasteiger partial charge in [-0.25, -0.2) is 23.1 Å². The molecule has 1 heterocycles. The summed E-state index contributed by atoms with van der Waals surface area (Å²) >= 11 is 0. The molecule has 4 rings (SSSR count). The number of sulfonamides is 1. The molecule has 0 amide bonds. The molecule has 0 radical (unpaired) electrons. The van der Waals surface area contributed by atoms with E-state index in [1.54, 1.807) is 12.1 Å². The summed E-state index contributed by atoms with van der Waals surface area (Å²) in [5, 5.41) is 10.7. The first kappa shape index (κ1) is 22.3. The van der Waals surface area contributed by atoms with Crippen LogP contribution in [0.15, 0.2) is 73.1 Å². The van der Waals surface area contributed by atoms with Crippen LogP contribution in [0.5, 0.6) is 5.75 Å². The van der Waals surface area contributed by atoms with Gasteiger partial charge in [0.15, 0.2) is 0 Å². The van der Waals surface area contributed by atoms with Crippen molar-refractivity contribution in [2.75, 3.05) is 17.7 Å². The lowest BCUT2D eigenvalue weighted by atomic mass is 10.1. The zero-order chi connectivity index (χ0) is 23.4. The molecule has 0 saturated carbocycles. The van der Waals surface area contributed by atoms with Crippen LogP contribution in [0.1, 0.15) is 11.1 Å². The fourth-order valence-corrected chi connectivity index (χ4v) is 3.79. The van der Waals surface area contributed by atoms with Crippen LogP contribution >= 0.6 is 0 Å². The predicted octanol–water partition coefficient (Wildman–Crippen LogP) is 4.01. The van der Waals surface area contributed by atoms with Crippen LogP contribution in [0, 0.1) is 18.8 Å². The average molecular weight is 459 g/mol. The van der Waals surface area contributed by atoms with Gasteiger partial charge in [0.2, 0.25) is 10.0 Å². The van der Waals surface area contributed by atoms with E-state index in [-0.39, 0.29) is 12.3 Å². The number of aryl methyl sites for hydroxylation is 1. The molecule has 0 fully saturated rings. The van der Waals surface area contributed by atoms with Gasteiger partial charge >= 0.3 is 0 Å². The minimum Gasteiger partial charge on any atom is -0.508 e. The maximum absolute atomic E-state index is 11.2. The van der Waals surface area contributed by atoms with Crippen molar-refractivity contribution in [3.05, 3.63) is 84.2 Å². The smallest absolute Gasteiger partial charge is 0.209 e. The molecule has 0 atom stereocenters. The molecule has 0 bridgehead atoms. The van der Waals surface area contributed by atoms with Crippen LogP contribution in [0.25, 0.3) is 10.9 Å². The fourth-order valence-electron chi connectivity index (χ4n) is 3.46. The highest BCUT2D eigenvalue weighted by molar-refractivity contribution is 7.88. The van der Waals surface area contributed by atoms with Gasteiger partial charge in [-0.05, 0) is 61.0 Å². The van der Waals surface area contributed by atoms with Crippen molar-refractivity contribution in [2.45, 2.75) is 6.92 Å². The maximum atomic E-state index is 11.2. The Hall–Kier alpha value is -3.93. The number of benzene rings is 3. The Kier molecular flexibility index (Phi) is 6.27. The summed E-state index contributed by atoms with van der Waals surface area (Å²) in [6.07, 6.45) is 2.61. The lowest BCUT2D eigenvalue weighted by Crippen LogP contribution is -2.21. The van der Waals surface area contributed by atoms with Gasteiger partial charge in [0.1, 0.15) is 17.9 Å². The molecule has 2 N–H and O–H groups in total. The average Bonchev–Trinajstić information content (AvgIpc) is 2.78. The van der Waals surface area contributed by atoms with E-state index >= 15 is 0 Å². The molecule has 166 valence electrons. The third-order valence-electron chi connectivity index (χ3n) is 4.92. The van der Waals surface area contributed by atoms with E-state index < -0.39 is 10.0 Å². The van der Waals surface area contributed by atoms with Crippen LogP contribution in [0.3, 0.4) is 0 Å². The van der Waals surface area contributed by atoms with Gasteiger partial charge in [-0.2, -0.15) is 0 Å². The second kappa shape index (κ2) is 9.28. The van der Waals surface area contributed by atoms with Crippen molar-refractivity contribution in [1.82, 2.24) is 14.7 Å². The highest BCUT2D eigenvalue weighted by Crippen LogP contribution is 2.39. The van der Waals surface area contributed by atoms with Gasteiger partial charge in [-0.3, -0.25) is 4.90 Å². The minimum atomic E-state index is -3.30. The van der Waals surface area contributed by atoms with Crippen molar-refractivity contribution in [1.29, 1.82) is 0 Å². The summed E-state index contributed by atoms with van der Waals surface area (Å²) in [4.78, 5) is 11.0. The minimum absolute atomic E-state index is 0.0257. The second-order valence-corrected chi connectivity index (χ2v) is 9.30. The molecule has 0 aliphatic rings.